The molecule has 2 aliphatic rings. The maximum atomic E-state index is 12.3. The summed E-state index contributed by atoms with van der Waals surface area (Å²) in [6.07, 6.45) is -15.6. The largest absolute Gasteiger partial charge is 0.463 e. The molecule has 0 bridgehead atoms. The van der Waals surface area contributed by atoms with Gasteiger partial charge in [0, 0.05) is 41.5 Å². The van der Waals surface area contributed by atoms with Crippen LogP contribution in [0.25, 0.3) is 0 Å². The number of benzene rings is 1. The Hall–Kier alpha value is -4.16. The molecule has 0 aliphatic carbocycles. The van der Waals surface area contributed by atoms with Gasteiger partial charge in [0.2, 0.25) is 12.4 Å². The topological polar surface area (TPSA) is 215 Å². The predicted octanol–water partition coefficient (Wildman–Crippen LogP) is 0.252. The van der Waals surface area contributed by atoms with E-state index in [0.29, 0.717) is 0 Å². The van der Waals surface area contributed by atoms with Crippen LogP contribution in [0.15, 0.2) is 30.3 Å². The number of rotatable bonds is 13. The Morgan fingerprint density at radius 1 is 0.583 bits per heavy atom. The van der Waals surface area contributed by atoms with Crippen LogP contribution in [0.3, 0.4) is 0 Å². The van der Waals surface area contributed by atoms with Gasteiger partial charge in [-0.15, -0.1) is 0 Å². The molecule has 0 radical (unpaired) electrons. The van der Waals surface area contributed by atoms with Gasteiger partial charge in [-0.05, 0) is 5.56 Å². The molecule has 266 valence electrons. The minimum atomic E-state index is -1.71. The maximum Gasteiger partial charge on any atom is 0.305 e. The van der Waals surface area contributed by atoms with Crippen molar-refractivity contribution in [1.82, 2.24) is 0 Å². The summed E-state index contributed by atoms with van der Waals surface area (Å²) in [6.45, 7) is 5.67. The molecule has 48 heavy (non-hydrogen) atoms. The molecule has 10 atom stereocenters. The van der Waals surface area contributed by atoms with E-state index in [1.54, 1.807) is 0 Å². The van der Waals surface area contributed by atoms with Crippen molar-refractivity contribution in [3.05, 3.63) is 35.9 Å². The fourth-order valence-corrected chi connectivity index (χ4v) is 5.08. The number of carbonyl (C=O) groups excluding carboxylic acids is 6. The van der Waals surface area contributed by atoms with Crippen molar-refractivity contribution in [3.63, 3.8) is 0 Å². The third kappa shape index (κ3) is 11.2. The van der Waals surface area contributed by atoms with Crippen LogP contribution in [0.5, 0.6) is 0 Å². The molecule has 17 heteroatoms. The minimum absolute atomic E-state index is 0.113. The second-order valence-corrected chi connectivity index (χ2v) is 10.9. The quantitative estimate of drug-likeness (QED) is 0.218. The third-order valence-electron chi connectivity index (χ3n) is 6.84. The van der Waals surface area contributed by atoms with Gasteiger partial charge in [-0.3, -0.25) is 28.8 Å². The van der Waals surface area contributed by atoms with Crippen molar-refractivity contribution < 1.29 is 81.2 Å². The van der Waals surface area contributed by atoms with Gasteiger partial charge in [-0.2, -0.15) is 0 Å². The van der Waals surface area contributed by atoms with E-state index in [4.69, 9.17) is 47.4 Å². The molecular formula is C31H40O17. The Bertz CT molecular complexity index is 1280. The number of ether oxygens (including phenoxy) is 10. The molecule has 1 aromatic rings. The molecule has 2 heterocycles. The molecule has 1 aromatic carbocycles. The lowest BCUT2D eigenvalue weighted by Crippen LogP contribution is -2.67. The first-order chi connectivity index (χ1) is 22.7. The second kappa shape index (κ2) is 17.8. The van der Waals surface area contributed by atoms with Gasteiger partial charge in [0.25, 0.3) is 0 Å². The highest BCUT2D eigenvalue weighted by molar-refractivity contribution is 5.69. The molecule has 1 N–H and O–H groups in total. The maximum absolute atomic E-state index is 12.3. The first-order valence-electron chi connectivity index (χ1n) is 14.9. The van der Waals surface area contributed by atoms with E-state index in [9.17, 15) is 33.9 Å². The number of hydrogen-bond donors (Lipinski definition) is 1. The van der Waals surface area contributed by atoms with Crippen LogP contribution >= 0.6 is 0 Å². The van der Waals surface area contributed by atoms with E-state index in [1.807, 2.05) is 30.3 Å². The van der Waals surface area contributed by atoms with Gasteiger partial charge in [0.05, 0.1) is 13.2 Å². The van der Waals surface area contributed by atoms with E-state index in [2.05, 4.69) is 0 Å². The Morgan fingerprint density at radius 2 is 1.08 bits per heavy atom. The van der Waals surface area contributed by atoms with Crippen LogP contribution < -0.4 is 0 Å². The number of hydrogen-bond acceptors (Lipinski definition) is 17. The van der Waals surface area contributed by atoms with Crippen molar-refractivity contribution >= 4 is 35.8 Å². The SMILES string of the molecule is CC(=O)OC[C@H]1O[C@H](OC(C)=O)[C@H](OC(C)=O)[C@@H](OC(C)=O)[C@@H]1O[C@@H]1O[C@H](COCc2ccccc2)[C@H](O)[C@H](OC(C)=O)[C@H]1OC(C)=O. The van der Waals surface area contributed by atoms with E-state index in [1.165, 1.54) is 0 Å². The van der Waals surface area contributed by atoms with Gasteiger partial charge >= 0.3 is 35.8 Å². The summed E-state index contributed by atoms with van der Waals surface area (Å²) in [7, 11) is 0. The van der Waals surface area contributed by atoms with Gasteiger partial charge in [0.1, 0.15) is 31.0 Å². The van der Waals surface area contributed by atoms with Crippen LogP contribution in [0, 0.1) is 0 Å². The van der Waals surface area contributed by atoms with Crippen LogP contribution in [-0.2, 0) is 82.7 Å². The molecule has 17 nitrogen and oxygen atoms in total. The van der Waals surface area contributed by atoms with Crippen molar-refractivity contribution in [2.24, 2.45) is 0 Å². The van der Waals surface area contributed by atoms with E-state index in [-0.39, 0.29) is 13.2 Å². The number of aliphatic hydroxyl groups is 1. The molecule has 2 fully saturated rings. The monoisotopic (exact) mass is 684 g/mol. The van der Waals surface area contributed by atoms with Crippen LogP contribution in [0.4, 0.5) is 0 Å². The Balaban J connectivity index is 2.05. The zero-order valence-electron chi connectivity index (χ0n) is 27.3. The highest BCUT2D eigenvalue weighted by Gasteiger charge is 2.57. The van der Waals surface area contributed by atoms with Crippen molar-refractivity contribution in [2.45, 2.75) is 110 Å². The highest BCUT2D eigenvalue weighted by Crippen LogP contribution is 2.34. The Morgan fingerprint density at radius 3 is 1.62 bits per heavy atom. The summed E-state index contributed by atoms with van der Waals surface area (Å²) in [6, 6.07) is 9.06. The summed E-state index contributed by atoms with van der Waals surface area (Å²) in [5, 5.41) is 11.2. The van der Waals surface area contributed by atoms with Crippen molar-refractivity contribution in [1.29, 1.82) is 0 Å². The zero-order valence-corrected chi connectivity index (χ0v) is 27.3. The summed E-state index contributed by atoms with van der Waals surface area (Å²) in [4.78, 5) is 72.6. The predicted molar refractivity (Wildman–Crippen MR) is 155 cm³/mol. The Labute approximate surface area is 275 Å². The number of esters is 6. The molecule has 0 saturated carbocycles. The number of carbonyl (C=O) groups is 6. The molecule has 0 spiro atoms. The van der Waals surface area contributed by atoms with E-state index in [0.717, 1.165) is 47.1 Å². The fraction of sp³-hybridized carbons (Fsp3) is 0.613. The summed E-state index contributed by atoms with van der Waals surface area (Å²) in [5.41, 5.74) is 0.806. The molecule has 0 amide bonds. The van der Waals surface area contributed by atoms with E-state index >= 15 is 0 Å². The zero-order chi connectivity index (χ0) is 35.5. The summed E-state index contributed by atoms with van der Waals surface area (Å²) < 4.78 is 55.9. The average molecular weight is 685 g/mol. The average Bonchev–Trinajstić information content (AvgIpc) is 2.98. The molecule has 0 aromatic heterocycles. The lowest BCUT2D eigenvalue weighted by molar-refractivity contribution is -0.358. The van der Waals surface area contributed by atoms with Gasteiger partial charge in [0.15, 0.2) is 24.6 Å². The third-order valence-corrected chi connectivity index (χ3v) is 6.84. The van der Waals surface area contributed by atoms with E-state index < -0.39 is 104 Å². The molecule has 2 saturated heterocycles. The lowest BCUT2D eigenvalue weighted by atomic mass is 9.96. The van der Waals surface area contributed by atoms with Gasteiger partial charge < -0.3 is 52.5 Å². The Kier molecular flexibility index (Phi) is 14.2. The van der Waals surface area contributed by atoms with Gasteiger partial charge in [-0.25, -0.2) is 0 Å². The summed E-state index contributed by atoms with van der Waals surface area (Å²) in [5.74, 6) is -5.08. The lowest BCUT2D eigenvalue weighted by Gasteiger charge is -2.48. The second-order valence-electron chi connectivity index (χ2n) is 10.9. The normalized spacial score (nSPS) is 29.9. The highest BCUT2D eigenvalue weighted by atomic mass is 16.8. The van der Waals surface area contributed by atoms with Gasteiger partial charge in [-0.1, -0.05) is 30.3 Å². The smallest absolute Gasteiger partial charge is 0.305 e. The first-order valence-corrected chi connectivity index (χ1v) is 14.9. The molecule has 0 unspecified atom stereocenters. The first kappa shape index (κ1) is 38.3. The van der Waals surface area contributed by atoms with Crippen molar-refractivity contribution in [3.8, 4) is 0 Å². The fourth-order valence-electron chi connectivity index (χ4n) is 5.08. The molecule has 2 aliphatic heterocycles. The minimum Gasteiger partial charge on any atom is -0.463 e. The van der Waals surface area contributed by atoms with Crippen LogP contribution in [0.1, 0.15) is 47.1 Å². The molecular weight excluding hydrogens is 644 g/mol. The standard InChI is InChI=1S/C31H40O17/c1-15(32)40-14-23-25(27(42-17(3)34)29(44-19(5)36)30(47-23)45-20(6)37)48-31-28(43-18(4)35)26(41-16(2)33)24(38)22(46-31)13-39-12-21-10-8-7-9-11-21/h7-11,22-31,38H,12-14H2,1-6H3/t22-,23-,24+,25-,26+,27+,28-,29-,30+,31+/m1/s1. The summed E-state index contributed by atoms with van der Waals surface area (Å²) >= 11 is 0. The van der Waals surface area contributed by atoms with Crippen molar-refractivity contribution in [2.75, 3.05) is 13.2 Å². The van der Waals surface area contributed by atoms with Crippen LogP contribution in [-0.4, -0.2) is 116 Å². The van der Waals surface area contributed by atoms with Crippen LogP contribution in [0.2, 0.25) is 0 Å². The molecule has 3 rings (SSSR count). The number of aliphatic hydroxyl groups excluding tert-OH is 1.